The molecular weight excluding hydrogens is 611 g/mol. The molecule has 4 fully saturated rings. The molecule has 4 bridgehead atoms. The lowest BCUT2D eigenvalue weighted by Gasteiger charge is -2.34. The Morgan fingerprint density at radius 2 is 1.44 bits per heavy atom. The first-order chi connectivity index (χ1) is 24.2. The Balaban J connectivity index is 0.000000319. The summed E-state index contributed by atoms with van der Waals surface area (Å²) in [5.74, 6) is 9.82. The molecule has 5 aliphatic carbocycles. The number of aliphatic hydroxyl groups is 1. The van der Waals surface area contributed by atoms with Crippen molar-refractivity contribution in [1.82, 2.24) is 5.32 Å². The fourth-order valence-electron chi connectivity index (χ4n) is 10.8. The first-order valence-electron chi connectivity index (χ1n) is 21.6. The zero-order valence-corrected chi connectivity index (χ0v) is 34.0. The number of nitrogens with one attached hydrogen (secondary N) is 1. The molecule has 0 heterocycles. The zero-order valence-electron chi connectivity index (χ0n) is 34.0. The van der Waals surface area contributed by atoms with Crippen molar-refractivity contribution in [2.45, 2.75) is 157 Å². The van der Waals surface area contributed by atoms with Gasteiger partial charge in [-0.05, 0) is 167 Å². The predicted molar refractivity (Wildman–Crippen MR) is 216 cm³/mol. The highest BCUT2D eigenvalue weighted by atomic mass is 16.5. The molecule has 4 saturated carbocycles. The summed E-state index contributed by atoms with van der Waals surface area (Å²) in [4.78, 5) is 0. The van der Waals surface area contributed by atoms with Crippen LogP contribution in [0.3, 0.4) is 0 Å². The SMILES string of the molecule is CC.CC1=C(O)C=CC(C2CC3CC2CC3CCCCCC2CC3CC2CC3c2ccc(C)c(C)c2)C1.CNCCOCCCCCC(C)C. The number of aliphatic hydroxyl groups excluding tert-OH is 1. The summed E-state index contributed by atoms with van der Waals surface area (Å²) < 4.78 is 5.42. The minimum Gasteiger partial charge on any atom is -0.508 e. The van der Waals surface area contributed by atoms with E-state index >= 15 is 0 Å². The van der Waals surface area contributed by atoms with Gasteiger partial charge in [0.25, 0.3) is 0 Å². The molecule has 0 spiro atoms. The number of allylic oxidation sites excluding steroid dienone is 3. The lowest BCUT2D eigenvalue weighted by Crippen LogP contribution is -2.25. The minimum absolute atomic E-state index is 0.522. The number of unbranched alkanes of at least 4 members (excludes halogenated alkanes) is 4. The van der Waals surface area contributed by atoms with Gasteiger partial charge in [-0.25, -0.2) is 0 Å². The third kappa shape index (κ3) is 11.7. The Labute approximate surface area is 309 Å². The van der Waals surface area contributed by atoms with Crippen molar-refractivity contribution in [1.29, 1.82) is 0 Å². The second kappa shape index (κ2) is 21.2. The fourth-order valence-corrected chi connectivity index (χ4v) is 10.8. The lowest BCUT2D eigenvalue weighted by molar-refractivity contribution is 0.132. The second-order valence-electron chi connectivity index (χ2n) is 17.6. The summed E-state index contributed by atoms with van der Waals surface area (Å²) in [6, 6.07) is 7.26. The molecule has 0 aromatic heterocycles. The van der Waals surface area contributed by atoms with E-state index in [-0.39, 0.29) is 0 Å². The van der Waals surface area contributed by atoms with E-state index in [1.807, 2.05) is 27.0 Å². The van der Waals surface area contributed by atoms with Gasteiger partial charge in [-0.1, -0.05) is 103 Å². The van der Waals surface area contributed by atoms with Gasteiger partial charge >= 0.3 is 0 Å². The molecule has 0 radical (unpaired) electrons. The van der Waals surface area contributed by atoms with Crippen LogP contribution in [-0.4, -0.2) is 31.9 Å². The van der Waals surface area contributed by atoms with Crippen molar-refractivity contribution in [3.05, 3.63) is 58.4 Å². The molecule has 0 amide bonds. The van der Waals surface area contributed by atoms with Gasteiger partial charge < -0.3 is 15.2 Å². The molecule has 2 N–H and O–H groups in total. The predicted octanol–water partition coefficient (Wildman–Crippen LogP) is 12.9. The van der Waals surface area contributed by atoms with Crippen molar-refractivity contribution in [2.24, 2.45) is 53.3 Å². The maximum atomic E-state index is 9.92. The Morgan fingerprint density at radius 3 is 2.04 bits per heavy atom. The summed E-state index contributed by atoms with van der Waals surface area (Å²) in [6.07, 6.45) is 27.0. The topological polar surface area (TPSA) is 41.5 Å². The third-order valence-corrected chi connectivity index (χ3v) is 13.8. The number of ether oxygens (including phenoxy) is 1. The molecule has 3 heteroatoms. The van der Waals surface area contributed by atoms with Gasteiger partial charge in [0.15, 0.2) is 0 Å². The summed E-state index contributed by atoms with van der Waals surface area (Å²) in [6.45, 7) is 17.9. The standard InChI is InChI=1S/C34H48O.C11H25NO.C2H6/c1-21-9-10-26(13-22(21)2)32-19-28-17-30(32)15-24(28)7-5-4-6-8-25-16-31-18-29(25)20-33(31)27-11-12-34(35)23(3)14-27;1-11(2)7-5-4-6-9-13-10-8-12-3;1-2/h9-13,24-25,27-33,35H,4-8,14-20H2,1-3H3;11-12H,4-10H2,1-3H3;1-2H3. The molecule has 0 saturated heterocycles. The van der Waals surface area contributed by atoms with E-state index in [1.54, 1.807) is 5.56 Å². The highest BCUT2D eigenvalue weighted by molar-refractivity contribution is 5.33. The van der Waals surface area contributed by atoms with Crippen molar-refractivity contribution < 1.29 is 9.84 Å². The quantitative estimate of drug-likeness (QED) is 0.160. The van der Waals surface area contributed by atoms with Gasteiger partial charge in [0, 0.05) is 13.2 Å². The molecule has 284 valence electrons. The molecule has 1 aromatic carbocycles. The molecule has 50 heavy (non-hydrogen) atoms. The van der Waals surface area contributed by atoms with Crippen molar-refractivity contribution in [2.75, 3.05) is 26.8 Å². The second-order valence-corrected chi connectivity index (χ2v) is 17.6. The summed E-state index contributed by atoms with van der Waals surface area (Å²) in [5, 5.41) is 13.0. The Bertz CT molecular complexity index is 1180. The molecular formula is C47H79NO2. The molecule has 9 atom stereocenters. The Kier molecular flexibility index (Phi) is 17.5. The van der Waals surface area contributed by atoms with Crippen LogP contribution in [0.2, 0.25) is 0 Å². The van der Waals surface area contributed by atoms with E-state index < -0.39 is 0 Å². The summed E-state index contributed by atoms with van der Waals surface area (Å²) in [7, 11) is 1.95. The smallest absolute Gasteiger partial charge is 0.114 e. The van der Waals surface area contributed by atoms with E-state index in [4.69, 9.17) is 4.74 Å². The van der Waals surface area contributed by atoms with E-state index in [0.717, 1.165) is 79.4 Å². The van der Waals surface area contributed by atoms with Crippen LogP contribution < -0.4 is 5.32 Å². The highest BCUT2D eigenvalue weighted by Crippen LogP contribution is 2.58. The summed E-state index contributed by atoms with van der Waals surface area (Å²) in [5.41, 5.74) is 5.76. The molecule has 5 aliphatic rings. The van der Waals surface area contributed by atoms with Crippen LogP contribution >= 0.6 is 0 Å². The number of benzene rings is 1. The van der Waals surface area contributed by atoms with Gasteiger partial charge in [0.05, 0.1) is 6.61 Å². The molecule has 0 aliphatic heterocycles. The van der Waals surface area contributed by atoms with Gasteiger partial charge in [0.2, 0.25) is 0 Å². The van der Waals surface area contributed by atoms with E-state index in [9.17, 15) is 5.11 Å². The number of likely N-dealkylation sites (N-methyl/N-ethyl adjacent to an activating group) is 1. The average molecular weight is 690 g/mol. The minimum atomic E-state index is 0.522. The third-order valence-electron chi connectivity index (χ3n) is 13.8. The molecule has 9 unspecified atom stereocenters. The Hall–Kier alpha value is -1.58. The van der Waals surface area contributed by atoms with Crippen molar-refractivity contribution >= 4 is 0 Å². The van der Waals surface area contributed by atoms with E-state index in [0.29, 0.717) is 11.7 Å². The molecule has 1 aromatic rings. The first-order valence-corrected chi connectivity index (χ1v) is 21.6. The highest BCUT2D eigenvalue weighted by Gasteiger charge is 2.48. The van der Waals surface area contributed by atoms with Crippen LogP contribution in [-0.2, 0) is 4.74 Å². The number of rotatable bonds is 17. The van der Waals surface area contributed by atoms with Gasteiger partial charge in [-0.2, -0.15) is 0 Å². The number of aryl methyl sites for hydroxylation is 2. The first kappa shape index (κ1) is 41.2. The Morgan fingerprint density at radius 1 is 0.760 bits per heavy atom. The lowest BCUT2D eigenvalue weighted by atomic mass is 9.72. The number of hydrogen-bond donors (Lipinski definition) is 2. The van der Waals surface area contributed by atoms with Crippen LogP contribution in [0.4, 0.5) is 0 Å². The number of fused-ring (bicyclic) bond motifs is 4. The van der Waals surface area contributed by atoms with Crippen LogP contribution in [0.15, 0.2) is 41.7 Å². The van der Waals surface area contributed by atoms with Crippen LogP contribution in [0.1, 0.15) is 160 Å². The van der Waals surface area contributed by atoms with Crippen molar-refractivity contribution in [3.8, 4) is 0 Å². The maximum Gasteiger partial charge on any atom is 0.114 e. The van der Waals surface area contributed by atoms with Gasteiger partial charge in [0.1, 0.15) is 5.76 Å². The summed E-state index contributed by atoms with van der Waals surface area (Å²) >= 11 is 0. The van der Waals surface area contributed by atoms with Crippen LogP contribution in [0, 0.1) is 67.1 Å². The monoisotopic (exact) mass is 690 g/mol. The largest absolute Gasteiger partial charge is 0.508 e. The fraction of sp³-hybridized carbons (Fsp3) is 0.787. The normalized spacial score (nSPS) is 30.9. The van der Waals surface area contributed by atoms with Crippen LogP contribution in [0.5, 0.6) is 0 Å². The number of hydrogen-bond acceptors (Lipinski definition) is 3. The van der Waals surface area contributed by atoms with E-state index in [1.165, 1.54) is 113 Å². The molecule has 6 rings (SSSR count). The maximum absolute atomic E-state index is 9.92. The van der Waals surface area contributed by atoms with Crippen molar-refractivity contribution in [3.63, 3.8) is 0 Å². The van der Waals surface area contributed by atoms with Gasteiger partial charge in [-0.15, -0.1) is 0 Å². The van der Waals surface area contributed by atoms with Crippen LogP contribution in [0.25, 0.3) is 0 Å². The van der Waals surface area contributed by atoms with Gasteiger partial charge in [-0.3, -0.25) is 0 Å². The zero-order chi connectivity index (χ0) is 36.0. The molecule has 3 nitrogen and oxygen atoms in total. The average Bonchev–Trinajstić information content (AvgIpc) is 3.91. The van der Waals surface area contributed by atoms with E-state index in [2.05, 4.69) is 64.2 Å².